The van der Waals surface area contributed by atoms with Gasteiger partial charge in [-0.2, -0.15) is 0 Å². The fourth-order valence-corrected chi connectivity index (χ4v) is 5.04. The number of aromatic amines is 1. The summed E-state index contributed by atoms with van der Waals surface area (Å²) in [6.45, 7) is 10.2. The van der Waals surface area contributed by atoms with Gasteiger partial charge < -0.3 is 15.5 Å². The lowest BCUT2D eigenvalue weighted by Crippen LogP contribution is -2.32. The third kappa shape index (κ3) is 7.21. The number of sulfonamides is 1. The number of benzene rings is 3. The number of nitrogens with zero attached hydrogens (tertiary/aromatic N) is 4. The van der Waals surface area contributed by atoms with Crippen molar-refractivity contribution >= 4 is 33.1 Å². The van der Waals surface area contributed by atoms with Crippen molar-refractivity contribution in [2.45, 2.75) is 32.6 Å². The van der Waals surface area contributed by atoms with Gasteiger partial charge in [0.2, 0.25) is 10.0 Å². The summed E-state index contributed by atoms with van der Waals surface area (Å²) in [5, 5.41) is 25.3. The van der Waals surface area contributed by atoms with Crippen molar-refractivity contribution in [2.75, 3.05) is 28.6 Å². The normalized spacial score (nSPS) is 11.6. The average Bonchev–Trinajstić information content (AvgIpc) is 3.42. The minimum atomic E-state index is -3.92. The molecule has 4 aromatic rings. The Balaban J connectivity index is 1.74. The van der Waals surface area contributed by atoms with E-state index in [9.17, 15) is 13.2 Å². The molecule has 1 aromatic heterocycles. The van der Waals surface area contributed by atoms with Crippen LogP contribution in [0.3, 0.4) is 0 Å². The summed E-state index contributed by atoms with van der Waals surface area (Å²) in [6.07, 6.45) is 0. The number of amides is 2. The Bertz CT molecular complexity index is 1560. The number of aromatic nitrogens is 4. The van der Waals surface area contributed by atoms with Gasteiger partial charge in [0.05, 0.1) is 16.3 Å². The number of nitrogens with one attached hydrogen (secondary N) is 3. The number of tetrazole rings is 1. The fourth-order valence-electron chi connectivity index (χ4n) is 4.48. The van der Waals surface area contributed by atoms with Crippen molar-refractivity contribution in [1.29, 1.82) is 0 Å². The number of hydrogen-bond donors (Lipinski definition) is 4. The molecule has 0 radical (unpaired) electrons. The lowest BCUT2D eigenvalue weighted by molar-refractivity contribution is 0.262. The minimum absolute atomic E-state index is 0.0912. The number of nitrogens with two attached hydrogens (primary N) is 1. The second-order valence-corrected chi connectivity index (χ2v) is 11.9. The number of urea groups is 1. The molecule has 40 heavy (non-hydrogen) atoms. The largest absolute Gasteiger partial charge is 0.369 e. The van der Waals surface area contributed by atoms with Crippen molar-refractivity contribution in [3.8, 4) is 22.5 Å². The van der Waals surface area contributed by atoms with E-state index < -0.39 is 16.1 Å². The van der Waals surface area contributed by atoms with E-state index in [0.717, 1.165) is 35.5 Å². The van der Waals surface area contributed by atoms with Gasteiger partial charge in [0.15, 0.2) is 5.82 Å². The Morgan fingerprint density at radius 2 is 1.62 bits per heavy atom. The summed E-state index contributed by atoms with van der Waals surface area (Å²) in [4.78, 5) is 15.4. The first kappa shape index (κ1) is 28.7. The number of carbonyl (C=O) groups is 1. The second-order valence-electron chi connectivity index (χ2n) is 10.4. The first-order valence-corrected chi connectivity index (χ1v) is 14.5. The molecule has 210 valence electrons. The second kappa shape index (κ2) is 12.3. The highest BCUT2D eigenvalue weighted by atomic mass is 32.2. The van der Waals surface area contributed by atoms with Gasteiger partial charge in [-0.1, -0.05) is 64.1 Å². The quantitative estimate of drug-likeness (QED) is 0.213. The smallest absolute Gasteiger partial charge is 0.323 e. The van der Waals surface area contributed by atoms with Gasteiger partial charge in [0, 0.05) is 24.3 Å². The maximum atomic E-state index is 13.2. The van der Waals surface area contributed by atoms with Crippen LogP contribution in [0.25, 0.3) is 22.5 Å². The van der Waals surface area contributed by atoms with Crippen LogP contribution in [0, 0.1) is 11.8 Å². The first-order valence-electron chi connectivity index (χ1n) is 12.9. The van der Waals surface area contributed by atoms with Gasteiger partial charge in [0.1, 0.15) is 0 Å². The van der Waals surface area contributed by atoms with E-state index in [1.807, 2.05) is 42.5 Å². The first-order chi connectivity index (χ1) is 19.0. The zero-order valence-corrected chi connectivity index (χ0v) is 23.7. The van der Waals surface area contributed by atoms with Crippen molar-refractivity contribution in [3.05, 3.63) is 66.7 Å². The molecule has 3 aromatic carbocycles. The van der Waals surface area contributed by atoms with E-state index in [2.05, 4.69) is 63.9 Å². The third-order valence-corrected chi connectivity index (χ3v) is 6.93. The number of primary sulfonamides is 1. The Hall–Kier alpha value is -4.29. The van der Waals surface area contributed by atoms with Crippen LogP contribution < -0.4 is 20.7 Å². The molecule has 0 saturated heterocycles. The van der Waals surface area contributed by atoms with Crippen molar-refractivity contribution in [1.82, 2.24) is 20.6 Å². The molecule has 1 heterocycles. The summed E-state index contributed by atoms with van der Waals surface area (Å²) in [6, 6.07) is 19.0. The Labute approximate surface area is 234 Å². The molecule has 2 amide bonds. The molecule has 11 nitrogen and oxygen atoms in total. The number of carbonyl (C=O) groups excluding carboxylic acids is 1. The summed E-state index contributed by atoms with van der Waals surface area (Å²) in [5.41, 5.74) is 4.33. The van der Waals surface area contributed by atoms with Crippen molar-refractivity contribution in [2.24, 2.45) is 17.0 Å². The summed E-state index contributed by atoms with van der Waals surface area (Å²) in [5.74, 6) is 1.31. The van der Waals surface area contributed by atoms with Gasteiger partial charge in [-0.3, -0.25) is 0 Å². The maximum absolute atomic E-state index is 13.2. The van der Waals surface area contributed by atoms with Gasteiger partial charge in [-0.05, 0) is 63.7 Å². The Morgan fingerprint density at radius 1 is 0.925 bits per heavy atom. The molecule has 0 bridgehead atoms. The van der Waals surface area contributed by atoms with Gasteiger partial charge in [-0.25, -0.2) is 23.4 Å². The molecule has 0 aliphatic rings. The number of H-pyrrole nitrogens is 1. The predicted octanol–water partition coefficient (Wildman–Crippen LogP) is 4.94. The monoisotopic (exact) mass is 562 g/mol. The zero-order chi connectivity index (χ0) is 28.9. The minimum Gasteiger partial charge on any atom is -0.369 e. The highest BCUT2D eigenvalue weighted by Crippen LogP contribution is 2.36. The van der Waals surface area contributed by atoms with Crippen LogP contribution in [0.1, 0.15) is 27.7 Å². The van der Waals surface area contributed by atoms with E-state index in [1.165, 1.54) is 18.2 Å². The molecule has 0 unspecified atom stereocenters. The van der Waals surface area contributed by atoms with Gasteiger partial charge >= 0.3 is 6.03 Å². The highest BCUT2D eigenvalue weighted by Gasteiger charge is 2.19. The maximum Gasteiger partial charge on any atom is 0.323 e. The van der Waals surface area contributed by atoms with Crippen LogP contribution >= 0.6 is 0 Å². The predicted molar refractivity (Wildman–Crippen MR) is 157 cm³/mol. The topological polar surface area (TPSA) is 159 Å². The number of rotatable bonds is 10. The molecule has 4 rings (SSSR count). The lowest BCUT2D eigenvalue weighted by Gasteiger charge is -2.31. The molecule has 0 fully saturated rings. The molecule has 0 aliphatic heterocycles. The van der Waals surface area contributed by atoms with Gasteiger partial charge in [-0.15, -0.1) is 5.10 Å². The third-order valence-electron chi connectivity index (χ3n) is 6.02. The van der Waals surface area contributed by atoms with Crippen LogP contribution in [0.5, 0.6) is 0 Å². The SMILES string of the molecule is CC(C)CN(CC(C)C)c1ccc(-c2ccccc2-c2nnn[nH]2)cc1NC(=O)Nc1cccc(S(N)(=O)=O)c1. The highest BCUT2D eigenvalue weighted by molar-refractivity contribution is 7.89. The molecular weight excluding hydrogens is 528 g/mol. The van der Waals surface area contributed by atoms with E-state index in [-0.39, 0.29) is 4.90 Å². The van der Waals surface area contributed by atoms with Crippen LogP contribution in [0.4, 0.5) is 21.9 Å². The van der Waals surface area contributed by atoms with E-state index in [1.54, 1.807) is 6.07 Å². The van der Waals surface area contributed by atoms with Crippen LogP contribution in [0.2, 0.25) is 0 Å². The van der Waals surface area contributed by atoms with Crippen LogP contribution in [-0.4, -0.2) is 48.2 Å². The average molecular weight is 563 g/mol. The zero-order valence-electron chi connectivity index (χ0n) is 22.9. The molecule has 0 spiro atoms. The van der Waals surface area contributed by atoms with E-state index in [0.29, 0.717) is 29.0 Å². The number of hydrogen-bond acceptors (Lipinski definition) is 7. The summed E-state index contributed by atoms with van der Waals surface area (Å²) >= 11 is 0. The standard InChI is InChI=1S/C28H34N8O3S/c1-18(2)16-36(17-19(3)4)26-13-12-20(23-10-5-6-11-24(23)27-32-34-35-33-27)14-25(26)31-28(37)30-21-8-7-9-22(15-21)40(29,38)39/h5-15,18-19H,16-17H2,1-4H3,(H2,29,38,39)(H2,30,31,37)(H,32,33,34,35). The summed E-state index contributed by atoms with van der Waals surface area (Å²) < 4.78 is 23.5. The van der Waals surface area contributed by atoms with Crippen LogP contribution in [-0.2, 0) is 10.0 Å². The Kier molecular flexibility index (Phi) is 8.80. The van der Waals surface area contributed by atoms with E-state index >= 15 is 0 Å². The van der Waals surface area contributed by atoms with Crippen molar-refractivity contribution < 1.29 is 13.2 Å². The summed E-state index contributed by atoms with van der Waals surface area (Å²) in [7, 11) is -3.92. The molecule has 0 saturated carbocycles. The van der Waals surface area contributed by atoms with Gasteiger partial charge in [0.25, 0.3) is 0 Å². The molecule has 12 heteroatoms. The number of anilines is 3. The van der Waals surface area contributed by atoms with E-state index in [4.69, 9.17) is 5.14 Å². The lowest BCUT2D eigenvalue weighted by atomic mass is 9.97. The van der Waals surface area contributed by atoms with Crippen LogP contribution in [0.15, 0.2) is 71.6 Å². The molecule has 5 N–H and O–H groups in total. The fraction of sp³-hybridized carbons (Fsp3) is 0.286. The molecular formula is C28H34N8O3S. The Morgan fingerprint density at radius 3 is 2.25 bits per heavy atom. The molecule has 0 aliphatic carbocycles. The van der Waals surface area contributed by atoms with Crippen molar-refractivity contribution in [3.63, 3.8) is 0 Å². The molecule has 0 atom stereocenters.